The van der Waals surface area contributed by atoms with E-state index < -0.39 is 5.97 Å². The SMILES string of the molecule is CCCn1nnc(C(=O)O)c1CCC(C)C. The number of nitrogens with zero attached hydrogens (tertiary/aromatic N) is 3. The van der Waals surface area contributed by atoms with Crippen LogP contribution in [0.15, 0.2) is 0 Å². The molecule has 0 saturated heterocycles. The molecule has 5 heteroatoms. The minimum absolute atomic E-state index is 0.106. The number of carbonyl (C=O) groups is 1. The second kappa shape index (κ2) is 5.63. The molecular formula is C11H19N3O2. The number of carboxylic acid groups (broad SMARTS) is 1. The molecule has 5 nitrogen and oxygen atoms in total. The third kappa shape index (κ3) is 3.05. The molecule has 1 rings (SSSR count). The summed E-state index contributed by atoms with van der Waals surface area (Å²) in [5.74, 6) is -0.437. The van der Waals surface area contributed by atoms with Crippen molar-refractivity contribution in [2.45, 2.75) is 46.6 Å². The lowest BCUT2D eigenvalue weighted by Gasteiger charge is -2.07. The third-order valence-corrected chi connectivity index (χ3v) is 2.43. The number of carboxylic acids is 1. The highest BCUT2D eigenvalue weighted by atomic mass is 16.4. The van der Waals surface area contributed by atoms with Gasteiger partial charge in [0.05, 0.1) is 5.69 Å². The Morgan fingerprint density at radius 3 is 2.69 bits per heavy atom. The van der Waals surface area contributed by atoms with Crippen LogP contribution in [0.4, 0.5) is 0 Å². The van der Waals surface area contributed by atoms with Gasteiger partial charge in [-0.3, -0.25) is 0 Å². The Morgan fingerprint density at radius 1 is 1.50 bits per heavy atom. The van der Waals surface area contributed by atoms with Gasteiger partial charge in [0.2, 0.25) is 0 Å². The average Bonchev–Trinajstić information content (AvgIpc) is 2.58. The lowest BCUT2D eigenvalue weighted by Crippen LogP contribution is -2.09. The van der Waals surface area contributed by atoms with Crippen molar-refractivity contribution in [3.05, 3.63) is 11.4 Å². The molecule has 0 aliphatic heterocycles. The molecule has 0 aromatic carbocycles. The first-order valence-electron chi connectivity index (χ1n) is 5.71. The normalized spacial score (nSPS) is 11.0. The summed E-state index contributed by atoms with van der Waals surface area (Å²) in [5.41, 5.74) is 0.858. The maximum atomic E-state index is 11.0. The van der Waals surface area contributed by atoms with Crippen molar-refractivity contribution in [3.8, 4) is 0 Å². The van der Waals surface area contributed by atoms with Gasteiger partial charge in [-0.25, -0.2) is 9.48 Å². The molecule has 90 valence electrons. The van der Waals surface area contributed by atoms with Gasteiger partial charge < -0.3 is 5.11 Å². The summed E-state index contributed by atoms with van der Waals surface area (Å²) in [6, 6.07) is 0. The standard InChI is InChI=1S/C11H19N3O2/c1-4-7-14-9(6-5-8(2)3)10(11(15)16)12-13-14/h8H,4-7H2,1-3H3,(H,15,16). The predicted molar refractivity (Wildman–Crippen MR) is 60.4 cm³/mol. The first-order chi connectivity index (χ1) is 7.56. The van der Waals surface area contributed by atoms with Crippen LogP contribution in [0, 0.1) is 5.92 Å². The lowest BCUT2D eigenvalue weighted by atomic mass is 10.1. The highest BCUT2D eigenvalue weighted by molar-refractivity contribution is 5.86. The van der Waals surface area contributed by atoms with E-state index in [0.29, 0.717) is 5.92 Å². The minimum Gasteiger partial charge on any atom is -0.476 e. The summed E-state index contributed by atoms with van der Waals surface area (Å²) in [5, 5.41) is 16.6. The van der Waals surface area contributed by atoms with Crippen LogP contribution >= 0.6 is 0 Å². The van der Waals surface area contributed by atoms with Gasteiger partial charge in [0.25, 0.3) is 0 Å². The summed E-state index contributed by atoms with van der Waals surface area (Å²) in [4.78, 5) is 11.0. The van der Waals surface area contributed by atoms with Gasteiger partial charge >= 0.3 is 5.97 Å². The molecule has 0 bridgehead atoms. The van der Waals surface area contributed by atoms with Crippen LogP contribution in [0.3, 0.4) is 0 Å². The maximum Gasteiger partial charge on any atom is 0.358 e. The molecule has 0 aliphatic carbocycles. The molecule has 1 aromatic rings. The van der Waals surface area contributed by atoms with Crippen molar-refractivity contribution in [1.29, 1.82) is 0 Å². The van der Waals surface area contributed by atoms with E-state index in [1.54, 1.807) is 4.68 Å². The summed E-state index contributed by atoms with van der Waals surface area (Å²) in [6.45, 7) is 7.00. The molecule has 0 radical (unpaired) electrons. The Morgan fingerprint density at radius 2 is 2.19 bits per heavy atom. The average molecular weight is 225 g/mol. The van der Waals surface area contributed by atoms with Gasteiger partial charge in [0.15, 0.2) is 5.69 Å². The molecule has 0 fully saturated rings. The molecule has 1 N–H and O–H groups in total. The van der Waals surface area contributed by atoms with Crippen molar-refractivity contribution < 1.29 is 9.90 Å². The van der Waals surface area contributed by atoms with Crippen LogP contribution in [-0.4, -0.2) is 26.1 Å². The molecule has 0 unspecified atom stereocenters. The van der Waals surface area contributed by atoms with E-state index in [1.165, 1.54) is 0 Å². The van der Waals surface area contributed by atoms with E-state index >= 15 is 0 Å². The molecule has 0 saturated carbocycles. The number of aromatic carboxylic acids is 1. The molecule has 0 spiro atoms. The highest BCUT2D eigenvalue weighted by Gasteiger charge is 2.18. The van der Waals surface area contributed by atoms with Crippen LogP contribution < -0.4 is 0 Å². The molecule has 1 aromatic heterocycles. The number of hydrogen-bond donors (Lipinski definition) is 1. The van der Waals surface area contributed by atoms with Crippen molar-refractivity contribution in [2.24, 2.45) is 5.92 Å². The van der Waals surface area contributed by atoms with E-state index in [4.69, 9.17) is 5.11 Å². The topological polar surface area (TPSA) is 68.0 Å². The molecule has 16 heavy (non-hydrogen) atoms. The zero-order valence-electron chi connectivity index (χ0n) is 10.1. The molecule has 0 aliphatic rings. The maximum absolute atomic E-state index is 11.0. The van der Waals surface area contributed by atoms with Crippen LogP contribution in [-0.2, 0) is 13.0 Å². The second-order valence-electron chi connectivity index (χ2n) is 4.35. The molecule has 0 amide bonds. The van der Waals surface area contributed by atoms with Crippen molar-refractivity contribution >= 4 is 5.97 Å². The summed E-state index contributed by atoms with van der Waals surface area (Å²) in [6.07, 6.45) is 2.61. The smallest absolute Gasteiger partial charge is 0.358 e. The Kier molecular flexibility index (Phi) is 4.46. The largest absolute Gasteiger partial charge is 0.476 e. The Hall–Kier alpha value is -1.39. The monoisotopic (exact) mass is 225 g/mol. The van der Waals surface area contributed by atoms with Gasteiger partial charge in [-0.15, -0.1) is 5.10 Å². The van der Waals surface area contributed by atoms with E-state index in [0.717, 1.165) is 31.5 Å². The predicted octanol–water partition coefficient (Wildman–Crippen LogP) is 1.97. The zero-order chi connectivity index (χ0) is 12.1. The Balaban J connectivity index is 2.89. The summed E-state index contributed by atoms with van der Waals surface area (Å²) < 4.78 is 1.71. The third-order valence-electron chi connectivity index (χ3n) is 2.43. The molecule has 0 atom stereocenters. The minimum atomic E-state index is -0.985. The highest BCUT2D eigenvalue weighted by Crippen LogP contribution is 2.12. The fraction of sp³-hybridized carbons (Fsp3) is 0.727. The number of hydrogen-bond acceptors (Lipinski definition) is 3. The van der Waals surface area contributed by atoms with E-state index in [9.17, 15) is 4.79 Å². The van der Waals surface area contributed by atoms with Crippen molar-refractivity contribution in [1.82, 2.24) is 15.0 Å². The van der Waals surface area contributed by atoms with Gasteiger partial charge in [-0.2, -0.15) is 0 Å². The quantitative estimate of drug-likeness (QED) is 0.803. The van der Waals surface area contributed by atoms with Gasteiger partial charge in [0, 0.05) is 6.54 Å². The second-order valence-corrected chi connectivity index (χ2v) is 4.35. The van der Waals surface area contributed by atoms with E-state index in [2.05, 4.69) is 24.2 Å². The first-order valence-corrected chi connectivity index (χ1v) is 5.71. The number of aryl methyl sites for hydroxylation is 1. The van der Waals surface area contributed by atoms with Crippen molar-refractivity contribution in [3.63, 3.8) is 0 Å². The van der Waals surface area contributed by atoms with Gasteiger partial charge in [-0.05, 0) is 25.2 Å². The molecular weight excluding hydrogens is 206 g/mol. The lowest BCUT2D eigenvalue weighted by molar-refractivity contribution is 0.0689. The Bertz CT molecular complexity index is 358. The summed E-state index contributed by atoms with van der Waals surface area (Å²) in [7, 11) is 0. The fourth-order valence-corrected chi connectivity index (χ4v) is 1.56. The number of aromatic nitrogens is 3. The van der Waals surface area contributed by atoms with Crippen molar-refractivity contribution in [2.75, 3.05) is 0 Å². The van der Waals surface area contributed by atoms with Crippen LogP contribution in [0.25, 0.3) is 0 Å². The van der Waals surface area contributed by atoms with Crippen LogP contribution in [0.5, 0.6) is 0 Å². The molecule has 1 heterocycles. The number of rotatable bonds is 6. The van der Waals surface area contributed by atoms with E-state index in [1.807, 2.05) is 6.92 Å². The fourth-order valence-electron chi connectivity index (χ4n) is 1.56. The Labute approximate surface area is 95.5 Å². The van der Waals surface area contributed by atoms with E-state index in [-0.39, 0.29) is 5.69 Å². The van der Waals surface area contributed by atoms with Crippen LogP contribution in [0.1, 0.15) is 49.8 Å². The first kappa shape index (κ1) is 12.7. The summed E-state index contributed by atoms with van der Waals surface area (Å²) >= 11 is 0. The van der Waals surface area contributed by atoms with Crippen LogP contribution in [0.2, 0.25) is 0 Å². The van der Waals surface area contributed by atoms with Gasteiger partial charge in [-0.1, -0.05) is 26.0 Å². The zero-order valence-corrected chi connectivity index (χ0v) is 10.1. The van der Waals surface area contributed by atoms with Gasteiger partial charge in [0.1, 0.15) is 0 Å².